The Kier molecular flexibility index (Phi) is 16.6. The fraction of sp³-hybridized carbons (Fsp3) is 0.333. The summed E-state index contributed by atoms with van der Waals surface area (Å²) < 4.78 is 60.5. The van der Waals surface area contributed by atoms with Gasteiger partial charge in [0.2, 0.25) is 0 Å². The molecule has 2 unspecified atom stereocenters. The summed E-state index contributed by atoms with van der Waals surface area (Å²) in [5.74, 6) is -2.12. The van der Waals surface area contributed by atoms with E-state index >= 15 is 0 Å². The van der Waals surface area contributed by atoms with E-state index in [2.05, 4.69) is 43.5 Å². The molecule has 12 heteroatoms. The van der Waals surface area contributed by atoms with Gasteiger partial charge < -0.3 is 25.2 Å². The van der Waals surface area contributed by atoms with Crippen LogP contribution in [-0.4, -0.2) is 48.0 Å². The van der Waals surface area contributed by atoms with E-state index in [1.165, 1.54) is 0 Å². The fourth-order valence-corrected chi connectivity index (χ4v) is 2.06. The molecule has 2 atom stereocenters. The van der Waals surface area contributed by atoms with Gasteiger partial charge >= 0.3 is 6.18 Å². The molecule has 0 aliphatic rings. The second-order valence-electron chi connectivity index (χ2n) is 7.12. The molecule has 0 bridgehead atoms. The molecule has 0 aliphatic carbocycles. The molecule has 2 amide bonds. The van der Waals surface area contributed by atoms with Crippen molar-refractivity contribution in [2.24, 2.45) is 0 Å². The number of alkyl halides is 3. The van der Waals surface area contributed by atoms with Gasteiger partial charge in [0, 0.05) is 24.2 Å². The second-order valence-corrected chi connectivity index (χ2v) is 7.58. The molecule has 0 aliphatic heterocycles. The molecule has 7 nitrogen and oxygen atoms in total. The normalized spacial score (nSPS) is 14.2. The molecule has 36 heavy (non-hydrogen) atoms. The monoisotopic (exact) mass is 538 g/mol. The zero-order chi connectivity index (χ0) is 28.5. The highest BCUT2D eigenvalue weighted by Gasteiger charge is 2.47. The van der Waals surface area contributed by atoms with E-state index in [0.29, 0.717) is 13.0 Å². The van der Waals surface area contributed by atoms with Gasteiger partial charge in [0.15, 0.2) is 18.8 Å². The smallest absolute Gasteiger partial charge is 0.420 e. The number of aliphatic hydroxyl groups is 1. The van der Waals surface area contributed by atoms with Crippen LogP contribution < -0.4 is 10.6 Å². The highest BCUT2D eigenvalue weighted by atomic mass is 35.5. The highest BCUT2D eigenvalue weighted by molar-refractivity contribution is 6.31. The minimum absolute atomic E-state index is 0.143. The molecule has 0 aromatic heterocycles. The van der Waals surface area contributed by atoms with Gasteiger partial charge in [0.25, 0.3) is 11.8 Å². The minimum Gasteiger partial charge on any atom is -0.491 e. The van der Waals surface area contributed by atoms with Crippen molar-refractivity contribution in [3.05, 3.63) is 85.8 Å². The van der Waals surface area contributed by atoms with Crippen LogP contribution in [0.15, 0.2) is 85.8 Å². The number of carbonyl (C=O) groups is 2. The van der Waals surface area contributed by atoms with Crippen LogP contribution in [0.5, 0.6) is 0 Å². The van der Waals surface area contributed by atoms with Crippen molar-refractivity contribution in [1.82, 2.24) is 10.6 Å². The number of nitrogens with one attached hydrogen (secondary N) is 2. The Morgan fingerprint density at radius 2 is 1.69 bits per heavy atom. The number of carbonyl (C=O) groups excluding carboxylic acids is 2. The van der Waals surface area contributed by atoms with Crippen LogP contribution in [0.2, 0.25) is 0 Å². The van der Waals surface area contributed by atoms with Gasteiger partial charge in [0.1, 0.15) is 11.6 Å². The van der Waals surface area contributed by atoms with Crippen LogP contribution in [0.4, 0.5) is 17.6 Å². The van der Waals surface area contributed by atoms with E-state index in [4.69, 9.17) is 21.1 Å². The summed E-state index contributed by atoms with van der Waals surface area (Å²) in [5.41, 5.74) is -2.72. The Morgan fingerprint density at radius 1 is 1.11 bits per heavy atom. The second kappa shape index (κ2) is 17.2. The number of hydrogen-bond acceptors (Lipinski definition) is 5. The number of rotatable bonds is 14. The van der Waals surface area contributed by atoms with Crippen LogP contribution in [0, 0.1) is 0 Å². The predicted molar refractivity (Wildman–Crippen MR) is 131 cm³/mol. The third-order valence-electron chi connectivity index (χ3n) is 3.71. The third-order valence-corrected chi connectivity index (χ3v) is 3.89. The molecule has 0 aromatic rings. The average molecular weight is 539 g/mol. The van der Waals surface area contributed by atoms with Crippen LogP contribution in [0.25, 0.3) is 0 Å². The lowest BCUT2D eigenvalue weighted by molar-refractivity contribution is -0.232. The van der Waals surface area contributed by atoms with Crippen molar-refractivity contribution in [2.45, 2.75) is 38.1 Å². The molecule has 3 N–H and O–H groups in total. The van der Waals surface area contributed by atoms with Crippen LogP contribution in [-0.2, 0) is 19.1 Å². The average Bonchev–Trinajstić information content (AvgIpc) is 2.74. The molecule has 202 valence electrons. The largest absolute Gasteiger partial charge is 0.491 e. The molecule has 0 saturated carbocycles. The van der Waals surface area contributed by atoms with E-state index in [0.717, 1.165) is 24.5 Å². The number of halogens is 5. The lowest BCUT2D eigenvalue weighted by Gasteiger charge is -2.21. The first-order chi connectivity index (χ1) is 16.5. The fourth-order valence-electron chi connectivity index (χ4n) is 2.00. The molecule has 0 spiro atoms. The first-order valence-corrected chi connectivity index (χ1v) is 10.5. The molecule has 0 rings (SSSR count). The van der Waals surface area contributed by atoms with Crippen LogP contribution >= 0.6 is 11.6 Å². The number of ether oxygens (including phenoxy) is 2. The zero-order valence-corrected chi connectivity index (χ0v) is 20.8. The van der Waals surface area contributed by atoms with E-state index in [9.17, 15) is 32.3 Å². The molecule has 0 aromatic carbocycles. The Morgan fingerprint density at radius 3 is 2.22 bits per heavy atom. The van der Waals surface area contributed by atoms with Crippen LogP contribution in [0.3, 0.4) is 0 Å². The zero-order valence-electron chi connectivity index (χ0n) is 20.1. The summed E-state index contributed by atoms with van der Waals surface area (Å²) >= 11 is 5.35. The first kappa shape index (κ1) is 34.9. The molecule has 0 fully saturated rings. The van der Waals surface area contributed by atoms with Gasteiger partial charge in [-0.05, 0) is 26.0 Å². The summed E-state index contributed by atoms with van der Waals surface area (Å²) in [5, 5.41) is 13.9. The Bertz CT molecular complexity index is 880. The Balaban J connectivity index is 0. The van der Waals surface area contributed by atoms with Crippen molar-refractivity contribution < 1.29 is 41.7 Å². The van der Waals surface area contributed by atoms with Crippen molar-refractivity contribution in [2.75, 3.05) is 13.2 Å². The topological polar surface area (TPSA) is 96.9 Å². The predicted octanol–water partition coefficient (Wildman–Crippen LogP) is 4.85. The summed E-state index contributed by atoms with van der Waals surface area (Å²) in [6.07, 6.45) is -0.247. The van der Waals surface area contributed by atoms with E-state index < -0.39 is 48.7 Å². The van der Waals surface area contributed by atoms with Crippen molar-refractivity contribution in [1.29, 1.82) is 0 Å². The van der Waals surface area contributed by atoms with Gasteiger partial charge in [-0.3, -0.25) is 9.59 Å². The maximum absolute atomic E-state index is 13.3. The van der Waals surface area contributed by atoms with E-state index in [-0.39, 0.29) is 22.9 Å². The standard InChI is InChI=1S/C22H27ClF4N2O5.C2H4/c1-14(10-15(2)29-20(31)13-34-16(3)11-18(24)17(4)23)28-19(30)12-33-9-7-6-8-21(5,32)22(25,26)27;1-2/h6-9,11,14,32H,2-4,10,12-13H2,1,5H3,(H,28,30)(H,29,31);1-2H2/b8-6+,9-7+,18-11+;. The van der Waals surface area contributed by atoms with Crippen LogP contribution in [0.1, 0.15) is 20.3 Å². The molecule has 0 radical (unpaired) electrons. The molecular formula is C24H31ClF4N2O5. The van der Waals surface area contributed by atoms with Crippen molar-refractivity contribution in [3.63, 3.8) is 0 Å². The third kappa shape index (κ3) is 16.3. The van der Waals surface area contributed by atoms with Gasteiger partial charge in [0.05, 0.1) is 11.3 Å². The number of amides is 2. The minimum atomic E-state index is -4.82. The highest BCUT2D eigenvalue weighted by Crippen LogP contribution is 2.30. The summed E-state index contributed by atoms with van der Waals surface area (Å²) in [7, 11) is 0. The van der Waals surface area contributed by atoms with Gasteiger partial charge in [-0.15, -0.1) is 13.2 Å². The lowest BCUT2D eigenvalue weighted by atomic mass is 10.1. The molecule has 0 heterocycles. The quantitative estimate of drug-likeness (QED) is 0.127. The first-order valence-electron chi connectivity index (χ1n) is 10.1. The maximum Gasteiger partial charge on any atom is 0.420 e. The molecular weight excluding hydrogens is 508 g/mol. The number of hydrogen-bond donors (Lipinski definition) is 3. The van der Waals surface area contributed by atoms with Gasteiger partial charge in [-0.25, -0.2) is 4.39 Å². The summed E-state index contributed by atoms with van der Waals surface area (Å²) in [4.78, 5) is 23.7. The lowest BCUT2D eigenvalue weighted by Crippen LogP contribution is -2.39. The Hall–Kier alpha value is -3.31. The van der Waals surface area contributed by atoms with Gasteiger partial charge in [-0.2, -0.15) is 13.2 Å². The molecule has 0 saturated heterocycles. The van der Waals surface area contributed by atoms with E-state index in [1.54, 1.807) is 6.92 Å². The van der Waals surface area contributed by atoms with E-state index in [1.807, 2.05) is 0 Å². The summed E-state index contributed by atoms with van der Waals surface area (Å²) in [6.45, 7) is 17.6. The maximum atomic E-state index is 13.3. The number of allylic oxidation sites excluding steroid dienone is 5. The van der Waals surface area contributed by atoms with Gasteiger partial charge in [-0.1, -0.05) is 37.4 Å². The Labute approximate surface area is 213 Å². The van der Waals surface area contributed by atoms with Crippen molar-refractivity contribution in [3.8, 4) is 0 Å². The summed E-state index contributed by atoms with van der Waals surface area (Å²) in [6, 6.07) is -0.447. The SMILES string of the molecule is C=C.C=C(CC(C)NC(=O)CO/C=C/C=C/C(C)(O)C(F)(F)F)NC(=O)COC(=C)/C=C(/F)C(=C)Cl. The van der Waals surface area contributed by atoms with Crippen molar-refractivity contribution >= 4 is 23.4 Å².